The molecule has 4 N–H and O–H groups in total. The number of carbonyl (C=O) groups is 2. The molecule has 0 radical (unpaired) electrons. The Bertz CT molecular complexity index is 2360. The highest BCUT2D eigenvalue weighted by atomic mass is 35.5. The van der Waals surface area contributed by atoms with Crippen molar-refractivity contribution in [3.63, 3.8) is 0 Å². The smallest absolute Gasteiger partial charge is 0.233 e. The lowest BCUT2D eigenvalue weighted by Gasteiger charge is -2.17. The minimum absolute atomic E-state index is 0.0557. The van der Waals surface area contributed by atoms with Crippen LogP contribution in [0.4, 0.5) is 17.5 Å². The summed E-state index contributed by atoms with van der Waals surface area (Å²) < 4.78 is 21.6. The second-order valence-corrected chi connectivity index (χ2v) is 13.8. The lowest BCUT2D eigenvalue weighted by molar-refractivity contribution is -0.118. The van der Waals surface area contributed by atoms with Gasteiger partial charge in [-0.2, -0.15) is 0 Å². The molecule has 0 aliphatic carbocycles. The molecule has 0 atom stereocenters. The van der Waals surface area contributed by atoms with E-state index in [2.05, 4.69) is 25.4 Å². The summed E-state index contributed by atoms with van der Waals surface area (Å²) in [5.74, 6) is 11.9. The number of amides is 2. The third kappa shape index (κ3) is 9.40. The van der Waals surface area contributed by atoms with E-state index in [-0.39, 0.29) is 35.9 Å². The summed E-state index contributed by atoms with van der Waals surface area (Å²) in [5.41, 5.74) is 5.85. The van der Waals surface area contributed by atoms with Gasteiger partial charge in [0.2, 0.25) is 11.8 Å². The molecule has 57 heavy (non-hydrogen) atoms. The number of halogens is 1. The first kappa shape index (κ1) is 40.4. The first-order valence-corrected chi connectivity index (χ1v) is 18.4. The third-order valence-corrected chi connectivity index (χ3v) is 9.06. The first-order chi connectivity index (χ1) is 27.4. The van der Waals surface area contributed by atoms with Gasteiger partial charge >= 0.3 is 0 Å². The number of hydrogen-bond acceptors (Lipinski definition) is 13. The average Bonchev–Trinajstić information content (AvgIpc) is 3.98. The molecule has 6 aromatic rings. The van der Waals surface area contributed by atoms with Crippen molar-refractivity contribution >= 4 is 40.9 Å². The van der Waals surface area contributed by atoms with Crippen molar-refractivity contribution in [1.82, 2.24) is 19.9 Å². The van der Waals surface area contributed by atoms with E-state index >= 15 is 0 Å². The SMILES string of the molecule is CC(C)O.COc1ccc(CN2C(=O)Cc3c(Cl)nc(-c4ccc(C)o4)nc32)cc1.COc1ccc(CN2C(=O)Cc3c(NN)nc(-c4ccc(C)o4)nc32)cc1. The fraction of sp³-hybridized carbons (Fsp3) is 0.268. The Morgan fingerprint density at radius 2 is 1.14 bits per heavy atom. The molecule has 0 saturated carbocycles. The molecule has 2 aliphatic heterocycles. The van der Waals surface area contributed by atoms with Gasteiger partial charge in [0.25, 0.3) is 0 Å². The molecule has 0 unspecified atom stereocenters. The zero-order valence-electron chi connectivity index (χ0n) is 32.4. The number of nitrogens with one attached hydrogen (secondary N) is 1. The maximum absolute atomic E-state index is 12.6. The van der Waals surface area contributed by atoms with Gasteiger partial charge in [0.05, 0.1) is 40.2 Å². The number of aromatic nitrogens is 4. The van der Waals surface area contributed by atoms with E-state index < -0.39 is 0 Å². The van der Waals surface area contributed by atoms with Crippen molar-refractivity contribution in [2.45, 2.75) is 59.7 Å². The molecule has 296 valence electrons. The molecule has 8 rings (SSSR count). The van der Waals surface area contributed by atoms with Crippen LogP contribution in [0.2, 0.25) is 5.15 Å². The molecule has 0 bridgehead atoms. The lowest BCUT2D eigenvalue weighted by atomic mass is 10.2. The van der Waals surface area contributed by atoms with Crippen molar-refractivity contribution < 1.29 is 33.0 Å². The van der Waals surface area contributed by atoms with E-state index in [1.54, 1.807) is 50.0 Å². The standard InChI is InChI=1S/C19H16ClN3O3.C19H19N5O3.C3H8O/c1-11-3-8-15(26-11)18-21-17(20)14-9-16(24)23(19(14)22-18)10-12-4-6-13(25-2)7-5-12;1-11-3-8-15(27-11)18-21-17(23-20)14-9-16(25)24(19(14)22-18)10-12-4-6-13(26-2)7-5-12;1-3(2)4/h3-8H,9-10H2,1-2H3;3-8H,9-10,20H2,1-2H3,(H,21,22,23);3-4H,1-2H3. The molecular weight excluding hydrogens is 752 g/mol. The first-order valence-electron chi connectivity index (χ1n) is 18.0. The van der Waals surface area contributed by atoms with Crippen LogP contribution in [-0.4, -0.2) is 57.2 Å². The monoisotopic (exact) mass is 794 g/mol. The molecule has 0 saturated heterocycles. The number of rotatable bonds is 9. The number of hydrogen-bond donors (Lipinski definition) is 3. The number of nitrogen functional groups attached to an aromatic ring is 1. The molecule has 6 heterocycles. The number of fused-ring (bicyclic) bond motifs is 2. The minimum atomic E-state index is -0.167. The molecule has 2 aliphatic rings. The van der Waals surface area contributed by atoms with Gasteiger partial charge in [-0.05, 0) is 87.4 Å². The Kier molecular flexibility index (Phi) is 12.5. The Morgan fingerprint density at radius 1 is 0.719 bits per heavy atom. The van der Waals surface area contributed by atoms with Crippen LogP contribution in [0.5, 0.6) is 11.5 Å². The summed E-state index contributed by atoms with van der Waals surface area (Å²) in [5, 5.41) is 8.34. The number of nitrogens with two attached hydrogens (primary N) is 1. The molecule has 15 nitrogen and oxygen atoms in total. The summed E-state index contributed by atoms with van der Waals surface area (Å²) >= 11 is 6.32. The molecule has 4 aromatic heterocycles. The van der Waals surface area contributed by atoms with E-state index in [9.17, 15) is 9.59 Å². The minimum Gasteiger partial charge on any atom is -0.497 e. The summed E-state index contributed by atoms with van der Waals surface area (Å²) in [6.07, 6.45) is 0.226. The Balaban J connectivity index is 0.000000176. The summed E-state index contributed by atoms with van der Waals surface area (Å²) in [7, 11) is 3.23. The van der Waals surface area contributed by atoms with Crippen LogP contribution >= 0.6 is 11.6 Å². The largest absolute Gasteiger partial charge is 0.497 e. The topological polar surface area (TPSA) is 195 Å². The van der Waals surface area contributed by atoms with Crippen LogP contribution in [0.3, 0.4) is 0 Å². The Labute approximate surface area is 334 Å². The fourth-order valence-corrected chi connectivity index (χ4v) is 6.24. The molecule has 16 heteroatoms. The number of furan rings is 2. The van der Waals surface area contributed by atoms with Gasteiger partial charge in [0, 0.05) is 17.2 Å². The molecule has 2 amide bonds. The number of benzene rings is 2. The van der Waals surface area contributed by atoms with Crippen LogP contribution in [0.15, 0.2) is 81.6 Å². The van der Waals surface area contributed by atoms with Gasteiger partial charge in [0.1, 0.15) is 45.6 Å². The zero-order valence-corrected chi connectivity index (χ0v) is 33.1. The molecule has 2 aromatic carbocycles. The van der Waals surface area contributed by atoms with Crippen molar-refractivity contribution in [2.75, 3.05) is 29.4 Å². The van der Waals surface area contributed by atoms with E-state index in [0.29, 0.717) is 64.8 Å². The quantitative estimate of drug-likeness (QED) is 0.0804. The normalized spacial score (nSPS) is 12.8. The molecule has 0 spiro atoms. The van der Waals surface area contributed by atoms with E-state index in [1.807, 2.05) is 74.5 Å². The average molecular weight is 795 g/mol. The zero-order chi connectivity index (χ0) is 40.8. The van der Waals surface area contributed by atoms with E-state index in [4.69, 9.17) is 40.9 Å². The third-order valence-electron chi connectivity index (χ3n) is 8.75. The predicted octanol–water partition coefficient (Wildman–Crippen LogP) is 6.61. The second kappa shape index (κ2) is 17.7. The highest BCUT2D eigenvalue weighted by molar-refractivity contribution is 6.31. The van der Waals surface area contributed by atoms with Crippen LogP contribution in [-0.2, 0) is 35.5 Å². The summed E-state index contributed by atoms with van der Waals surface area (Å²) in [4.78, 5) is 46.2. The molecular formula is C41H43ClN8O7. The number of nitrogens with zero attached hydrogens (tertiary/aromatic N) is 6. The van der Waals surface area contributed by atoms with Crippen molar-refractivity contribution in [2.24, 2.45) is 5.84 Å². The van der Waals surface area contributed by atoms with Crippen LogP contribution < -0.4 is 30.5 Å². The summed E-state index contributed by atoms with van der Waals surface area (Å²) in [6, 6.07) is 22.4. The van der Waals surface area contributed by atoms with Crippen LogP contribution in [0, 0.1) is 13.8 Å². The predicted molar refractivity (Wildman–Crippen MR) is 215 cm³/mol. The van der Waals surface area contributed by atoms with Gasteiger partial charge in [0.15, 0.2) is 23.2 Å². The van der Waals surface area contributed by atoms with Gasteiger partial charge in [-0.25, -0.2) is 25.8 Å². The van der Waals surface area contributed by atoms with Crippen molar-refractivity contribution in [3.05, 3.63) is 112 Å². The molecule has 0 fully saturated rings. The van der Waals surface area contributed by atoms with E-state index in [1.165, 1.54) is 0 Å². The number of carbonyl (C=O) groups excluding carboxylic acids is 2. The number of aryl methyl sites for hydroxylation is 2. The lowest BCUT2D eigenvalue weighted by Crippen LogP contribution is -2.26. The number of ether oxygens (including phenoxy) is 2. The highest BCUT2D eigenvalue weighted by Crippen LogP contribution is 2.37. The van der Waals surface area contributed by atoms with Crippen molar-refractivity contribution in [3.8, 4) is 34.7 Å². The van der Waals surface area contributed by atoms with Crippen LogP contribution in [0.25, 0.3) is 23.2 Å². The Hall–Kier alpha value is -6.29. The Morgan fingerprint density at radius 3 is 1.54 bits per heavy atom. The number of aliphatic hydroxyl groups is 1. The highest BCUT2D eigenvalue weighted by Gasteiger charge is 2.34. The number of anilines is 3. The maximum Gasteiger partial charge on any atom is 0.233 e. The fourth-order valence-electron chi connectivity index (χ4n) is 6.01. The summed E-state index contributed by atoms with van der Waals surface area (Å²) in [6.45, 7) is 7.93. The van der Waals surface area contributed by atoms with Gasteiger partial charge in [-0.1, -0.05) is 35.9 Å². The van der Waals surface area contributed by atoms with Gasteiger partial charge in [-0.15, -0.1) is 0 Å². The van der Waals surface area contributed by atoms with Gasteiger partial charge in [-0.3, -0.25) is 19.4 Å². The van der Waals surface area contributed by atoms with E-state index in [0.717, 1.165) is 34.1 Å². The number of aliphatic hydroxyl groups excluding tert-OH is 1. The van der Waals surface area contributed by atoms with Crippen molar-refractivity contribution in [1.29, 1.82) is 0 Å². The van der Waals surface area contributed by atoms with Crippen LogP contribution in [0.1, 0.15) is 47.6 Å². The van der Waals surface area contributed by atoms with Gasteiger partial charge < -0.3 is 28.8 Å². The number of methoxy groups -OCH3 is 2. The maximum atomic E-state index is 12.6. The number of hydrazine groups is 1. The second-order valence-electron chi connectivity index (χ2n) is 13.4.